The summed E-state index contributed by atoms with van der Waals surface area (Å²) in [6.45, 7) is 9.94. The molecule has 2 rings (SSSR count). The topological polar surface area (TPSA) is 62.7 Å². The van der Waals surface area contributed by atoms with Gasteiger partial charge >= 0.3 is 0 Å². The van der Waals surface area contributed by atoms with Gasteiger partial charge in [0.2, 0.25) is 0 Å². The van der Waals surface area contributed by atoms with Gasteiger partial charge < -0.3 is 15.4 Å². The molecule has 1 aliphatic rings. The second-order valence-electron chi connectivity index (χ2n) is 7.18. The average molecular weight is 493 g/mol. The van der Waals surface area contributed by atoms with Crippen LogP contribution in [0.5, 0.6) is 0 Å². The SMILES string of the molecule is CCNC(=NCCS(=O)c1ccccc1)NC1CC(C)(OC)C1(C)C.I. The van der Waals surface area contributed by atoms with Gasteiger partial charge in [-0.1, -0.05) is 32.0 Å². The van der Waals surface area contributed by atoms with Gasteiger partial charge in [-0.2, -0.15) is 0 Å². The van der Waals surface area contributed by atoms with E-state index in [1.54, 1.807) is 7.11 Å². The van der Waals surface area contributed by atoms with Crippen molar-refractivity contribution in [1.82, 2.24) is 10.6 Å². The Balaban J connectivity index is 0.00000338. The fraction of sp³-hybridized carbons (Fsp3) is 0.632. The van der Waals surface area contributed by atoms with E-state index < -0.39 is 10.8 Å². The number of nitrogens with zero attached hydrogens (tertiary/aromatic N) is 1. The molecule has 1 saturated carbocycles. The predicted octanol–water partition coefficient (Wildman–Crippen LogP) is 3.17. The van der Waals surface area contributed by atoms with E-state index in [2.05, 4.69) is 36.4 Å². The van der Waals surface area contributed by atoms with Gasteiger partial charge in [0.1, 0.15) is 0 Å². The van der Waals surface area contributed by atoms with Crippen molar-refractivity contribution in [1.29, 1.82) is 0 Å². The summed E-state index contributed by atoms with van der Waals surface area (Å²) in [6, 6.07) is 9.84. The normalized spacial score (nSPS) is 25.6. The Kier molecular flexibility index (Phi) is 9.02. The molecule has 3 unspecified atom stereocenters. The maximum Gasteiger partial charge on any atom is 0.191 e. The highest BCUT2D eigenvalue weighted by Crippen LogP contribution is 2.51. The zero-order valence-electron chi connectivity index (χ0n) is 16.4. The number of halogens is 1. The van der Waals surface area contributed by atoms with E-state index in [-0.39, 0.29) is 35.0 Å². The van der Waals surface area contributed by atoms with Gasteiger partial charge in [0, 0.05) is 35.8 Å². The highest BCUT2D eigenvalue weighted by Gasteiger charge is 2.58. The second kappa shape index (κ2) is 10.0. The van der Waals surface area contributed by atoms with E-state index in [9.17, 15) is 4.21 Å². The van der Waals surface area contributed by atoms with Crippen LogP contribution in [-0.2, 0) is 15.5 Å². The Labute approximate surface area is 177 Å². The largest absolute Gasteiger partial charge is 0.378 e. The summed E-state index contributed by atoms with van der Waals surface area (Å²) < 4.78 is 18.0. The molecule has 0 amide bonds. The van der Waals surface area contributed by atoms with E-state index >= 15 is 0 Å². The molecule has 0 aliphatic heterocycles. The molecule has 1 aromatic carbocycles. The van der Waals surface area contributed by atoms with Crippen LogP contribution in [0.25, 0.3) is 0 Å². The number of guanidine groups is 1. The van der Waals surface area contributed by atoms with Gasteiger partial charge in [-0.15, -0.1) is 24.0 Å². The van der Waals surface area contributed by atoms with Crippen LogP contribution < -0.4 is 10.6 Å². The first-order valence-corrected chi connectivity index (χ1v) is 10.2. The summed E-state index contributed by atoms with van der Waals surface area (Å²) in [5.41, 5.74) is -0.0956. The minimum Gasteiger partial charge on any atom is -0.378 e. The smallest absolute Gasteiger partial charge is 0.191 e. The van der Waals surface area contributed by atoms with Crippen molar-refractivity contribution in [3.63, 3.8) is 0 Å². The molecule has 3 atom stereocenters. The number of ether oxygens (including phenoxy) is 1. The molecule has 1 aliphatic carbocycles. The van der Waals surface area contributed by atoms with E-state index in [0.29, 0.717) is 18.3 Å². The molecule has 26 heavy (non-hydrogen) atoms. The molecule has 0 heterocycles. The fourth-order valence-electron chi connectivity index (χ4n) is 3.14. The summed E-state index contributed by atoms with van der Waals surface area (Å²) in [5, 5.41) is 6.79. The third kappa shape index (κ3) is 5.19. The van der Waals surface area contributed by atoms with Crippen LogP contribution in [0.4, 0.5) is 0 Å². The summed E-state index contributed by atoms with van der Waals surface area (Å²) in [5.74, 6) is 1.30. The van der Waals surface area contributed by atoms with Crippen LogP contribution >= 0.6 is 24.0 Å². The minimum absolute atomic E-state index is 0. The molecule has 2 N–H and O–H groups in total. The third-order valence-electron chi connectivity index (χ3n) is 5.49. The van der Waals surface area contributed by atoms with Crippen molar-refractivity contribution in [2.75, 3.05) is 26.0 Å². The van der Waals surface area contributed by atoms with Crippen molar-refractivity contribution in [3.05, 3.63) is 30.3 Å². The van der Waals surface area contributed by atoms with Gasteiger partial charge in [-0.25, -0.2) is 0 Å². The highest BCUT2D eigenvalue weighted by atomic mass is 127. The number of benzene rings is 1. The van der Waals surface area contributed by atoms with Crippen LogP contribution in [0.1, 0.15) is 34.1 Å². The van der Waals surface area contributed by atoms with Gasteiger partial charge in [-0.3, -0.25) is 9.20 Å². The third-order valence-corrected chi connectivity index (χ3v) is 6.84. The first-order chi connectivity index (χ1) is 11.8. The molecule has 7 heteroatoms. The standard InChI is InChI=1S/C19H31N3O2S.HI/c1-6-20-17(22-16-14-19(4,24-5)18(16,2)3)21-12-13-25(23)15-10-8-7-9-11-15;/h7-11,16H,6,12-14H2,1-5H3,(H2,20,21,22);1H. The lowest BCUT2D eigenvalue weighted by Crippen LogP contribution is -2.69. The Morgan fingerprint density at radius 1 is 1.31 bits per heavy atom. The number of methoxy groups -OCH3 is 1. The van der Waals surface area contributed by atoms with Crippen molar-refractivity contribution < 1.29 is 8.95 Å². The maximum absolute atomic E-state index is 12.3. The molecule has 0 spiro atoms. The van der Waals surface area contributed by atoms with Gasteiger partial charge in [-0.05, 0) is 32.4 Å². The summed E-state index contributed by atoms with van der Waals surface area (Å²) in [4.78, 5) is 5.45. The molecule has 148 valence electrons. The first-order valence-electron chi connectivity index (χ1n) is 8.87. The lowest BCUT2D eigenvalue weighted by atomic mass is 9.56. The monoisotopic (exact) mass is 493 g/mol. The van der Waals surface area contributed by atoms with E-state index in [1.807, 2.05) is 37.3 Å². The second-order valence-corrected chi connectivity index (χ2v) is 8.75. The molecule has 0 bridgehead atoms. The van der Waals surface area contributed by atoms with Crippen LogP contribution in [0.2, 0.25) is 0 Å². The van der Waals surface area contributed by atoms with Gasteiger partial charge in [0.25, 0.3) is 0 Å². The minimum atomic E-state index is -1.02. The lowest BCUT2D eigenvalue weighted by Gasteiger charge is -2.59. The molecular weight excluding hydrogens is 461 g/mol. The zero-order chi connectivity index (χ0) is 18.5. The fourth-order valence-corrected chi connectivity index (χ4v) is 4.09. The van der Waals surface area contributed by atoms with E-state index in [1.165, 1.54) is 0 Å². The molecule has 0 aromatic heterocycles. The van der Waals surface area contributed by atoms with Gasteiger partial charge in [0.05, 0.1) is 22.9 Å². The molecule has 1 aromatic rings. The number of hydrogen-bond donors (Lipinski definition) is 2. The van der Waals surface area contributed by atoms with Crippen LogP contribution in [0.15, 0.2) is 40.2 Å². The van der Waals surface area contributed by atoms with Crippen molar-refractivity contribution in [2.24, 2.45) is 10.4 Å². The average Bonchev–Trinajstić information content (AvgIpc) is 2.61. The molecule has 5 nitrogen and oxygen atoms in total. The van der Waals surface area contributed by atoms with E-state index in [4.69, 9.17) is 4.74 Å². The number of hydrogen-bond acceptors (Lipinski definition) is 3. The molecule has 0 radical (unpaired) electrons. The maximum atomic E-state index is 12.3. The van der Waals surface area contributed by atoms with Crippen molar-refractivity contribution >= 4 is 40.7 Å². The summed E-state index contributed by atoms with van der Waals surface area (Å²) in [6.07, 6.45) is 0.941. The van der Waals surface area contributed by atoms with Crippen molar-refractivity contribution in [2.45, 2.75) is 50.7 Å². The Hall–Kier alpha value is -0.670. The van der Waals surface area contributed by atoms with Crippen LogP contribution in [0.3, 0.4) is 0 Å². The molecule has 0 saturated heterocycles. The quantitative estimate of drug-likeness (QED) is 0.348. The predicted molar refractivity (Wildman–Crippen MR) is 120 cm³/mol. The number of nitrogens with one attached hydrogen (secondary N) is 2. The molecular formula is C19H32IN3O2S. The van der Waals surface area contributed by atoms with Crippen LogP contribution in [-0.4, -0.2) is 47.8 Å². The van der Waals surface area contributed by atoms with Gasteiger partial charge in [0.15, 0.2) is 5.96 Å². The molecule has 1 fully saturated rings. The number of aliphatic imine (C=N–C) groups is 1. The Morgan fingerprint density at radius 3 is 2.50 bits per heavy atom. The zero-order valence-corrected chi connectivity index (χ0v) is 19.5. The number of rotatable bonds is 7. The Morgan fingerprint density at radius 2 is 1.96 bits per heavy atom. The summed E-state index contributed by atoms with van der Waals surface area (Å²) in [7, 11) is 0.758. The van der Waals surface area contributed by atoms with E-state index in [0.717, 1.165) is 23.8 Å². The highest BCUT2D eigenvalue weighted by molar-refractivity contribution is 14.0. The first kappa shape index (κ1) is 23.4. The lowest BCUT2D eigenvalue weighted by molar-refractivity contribution is -0.176. The Bertz CT molecular complexity index is 624. The summed E-state index contributed by atoms with van der Waals surface area (Å²) >= 11 is 0. The van der Waals surface area contributed by atoms with Crippen molar-refractivity contribution in [3.8, 4) is 0 Å². The van der Waals surface area contributed by atoms with Crippen LogP contribution in [0, 0.1) is 5.41 Å².